The number of carbonyl (C=O) groups is 2. The van der Waals surface area contributed by atoms with Crippen molar-refractivity contribution in [1.82, 2.24) is 19.3 Å². The number of nitriles is 1. The highest BCUT2D eigenvalue weighted by molar-refractivity contribution is 5.98. The third kappa shape index (κ3) is 7.94. The SMILES string of the molecule is COC1=CC(c2cn(C)c(=O)c(C)c2C)CC(OC)=C1C(=O)N1CCCN(CC2CC=CC3=C2CCN(C(=O)/C(C#N)=C/C(C)(C)C)C3C)CC1. The van der Waals surface area contributed by atoms with E-state index in [2.05, 4.69) is 30.0 Å². The molecule has 10 nitrogen and oxygen atoms in total. The molecule has 1 saturated heterocycles. The maximum atomic E-state index is 14.2. The first kappa shape index (κ1) is 37.9. The van der Waals surface area contributed by atoms with Gasteiger partial charge >= 0.3 is 0 Å². The van der Waals surface area contributed by atoms with Gasteiger partial charge in [0.15, 0.2) is 0 Å². The second-order valence-corrected chi connectivity index (χ2v) is 15.5. The third-order valence-corrected chi connectivity index (χ3v) is 11.0. The monoisotopic (exact) mass is 697 g/mol. The van der Waals surface area contributed by atoms with Gasteiger partial charge in [0.05, 0.1) is 20.3 Å². The lowest BCUT2D eigenvalue weighted by molar-refractivity contribution is -0.128. The Morgan fingerprint density at radius 1 is 1.06 bits per heavy atom. The van der Waals surface area contributed by atoms with Gasteiger partial charge in [0.25, 0.3) is 17.4 Å². The van der Waals surface area contributed by atoms with Gasteiger partial charge in [-0.25, -0.2) is 0 Å². The van der Waals surface area contributed by atoms with Crippen molar-refractivity contribution in [3.8, 4) is 6.07 Å². The molecule has 1 fully saturated rings. The first-order valence-electron chi connectivity index (χ1n) is 18.2. The van der Waals surface area contributed by atoms with Crippen LogP contribution >= 0.6 is 0 Å². The van der Waals surface area contributed by atoms with Crippen LogP contribution < -0.4 is 5.56 Å². The van der Waals surface area contributed by atoms with E-state index in [-0.39, 0.29) is 40.3 Å². The highest BCUT2D eigenvalue weighted by Crippen LogP contribution is 2.39. The number of allylic oxidation sites excluding steroid dienone is 4. The molecule has 274 valence electrons. The maximum absolute atomic E-state index is 14.2. The van der Waals surface area contributed by atoms with Gasteiger partial charge in [0.1, 0.15) is 28.7 Å². The van der Waals surface area contributed by atoms with Crippen LogP contribution in [0.5, 0.6) is 0 Å². The second-order valence-electron chi connectivity index (χ2n) is 15.5. The van der Waals surface area contributed by atoms with Crippen LogP contribution in [0.1, 0.15) is 76.0 Å². The number of pyridine rings is 1. The molecule has 3 unspecified atom stereocenters. The summed E-state index contributed by atoms with van der Waals surface area (Å²) in [7, 11) is 4.96. The molecule has 1 aromatic heterocycles. The van der Waals surface area contributed by atoms with E-state index in [1.54, 1.807) is 31.9 Å². The van der Waals surface area contributed by atoms with Crippen LogP contribution in [0.2, 0.25) is 0 Å². The van der Waals surface area contributed by atoms with Gasteiger partial charge in [-0.1, -0.05) is 44.6 Å². The Kier molecular flexibility index (Phi) is 11.5. The summed E-state index contributed by atoms with van der Waals surface area (Å²) in [5.74, 6) is 1.08. The first-order chi connectivity index (χ1) is 24.2. The molecule has 0 spiro atoms. The number of rotatable bonds is 7. The molecule has 0 bridgehead atoms. The summed E-state index contributed by atoms with van der Waals surface area (Å²) in [4.78, 5) is 46.4. The van der Waals surface area contributed by atoms with Gasteiger partial charge < -0.3 is 28.7 Å². The average Bonchev–Trinajstić information content (AvgIpc) is 3.35. The molecule has 10 heteroatoms. The maximum Gasteiger partial charge on any atom is 0.264 e. The second kappa shape index (κ2) is 15.5. The van der Waals surface area contributed by atoms with Crippen molar-refractivity contribution in [2.45, 2.75) is 79.2 Å². The van der Waals surface area contributed by atoms with Crippen molar-refractivity contribution in [2.75, 3.05) is 53.5 Å². The number of aromatic nitrogens is 1. The predicted octanol–water partition coefficient (Wildman–Crippen LogP) is 5.44. The molecule has 2 aliphatic carbocycles. The molecule has 5 rings (SSSR count). The summed E-state index contributed by atoms with van der Waals surface area (Å²) < 4.78 is 13.3. The lowest BCUT2D eigenvalue weighted by atomic mass is 9.79. The van der Waals surface area contributed by atoms with Gasteiger partial charge in [-0.3, -0.25) is 14.4 Å². The standard InChI is InChI=1S/C41H55N5O5/c1-26-27(2)38(47)43(7)25-34(26)30-20-35(50-8)37(36(21-30)51-9)40(49)45-16-11-15-44(18-19-45)24-29-12-10-13-32-28(3)46(17-14-33(29)32)39(48)31(23-42)22-41(4,5)6/h10,13,20,22,25,28-30H,11-12,14-19,21,24H2,1-9H3/b31-22+. The Labute approximate surface area is 303 Å². The van der Waals surface area contributed by atoms with Crippen LogP contribution in [-0.2, 0) is 26.1 Å². The summed E-state index contributed by atoms with van der Waals surface area (Å²) in [6.45, 7) is 16.3. The topological polar surface area (TPSA) is 108 Å². The molecule has 0 N–H and O–H groups in total. The van der Waals surface area contributed by atoms with Crippen molar-refractivity contribution in [3.63, 3.8) is 0 Å². The number of hydrogen-bond donors (Lipinski definition) is 0. The molecule has 0 aromatic carbocycles. The first-order valence-corrected chi connectivity index (χ1v) is 18.2. The quantitative estimate of drug-likeness (QED) is 0.276. The van der Waals surface area contributed by atoms with Crippen molar-refractivity contribution in [2.24, 2.45) is 18.4 Å². The van der Waals surface area contributed by atoms with Crippen LogP contribution in [0, 0.1) is 36.5 Å². The Bertz CT molecular complexity index is 1810. The number of nitrogens with zero attached hydrogens (tertiary/aromatic N) is 5. The van der Waals surface area contributed by atoms with E-state index in [9.17, 15) is 19.6 Å². The van der Waals surface area contributed by atoms with Gasteiger partial charge in [-0.15, -0.1) is 0 Å². The lowest BCUT2D eigenvalue weighted by Crippen LogP contribution is -2.46. The zero-order valence-electron chi connectivity index (χ0n) is 32.0. The smallest absolute Gasteiger partial charge is 0.264 e. The molecule has 2 amide bonds. The summed E-state index contributed by atoms with van der Waals surface area (Å²) in [6, 6.07) is 2.05. The number of aryl methyl sites for hydroxylation is 1. The molecule has 3 atom stereocenters. The van der Waals surface area contributed by atoms with E-state index >= 15 is 0 Å². The van der Waals surface area contributed by atoms with E-state index in [0.717, 1.165) is 50.0 Å². The van der Waals surface area contributed by atoms with Crippen molar-refractivity contribution in [1.29, 1.82) is 5.26 Å². The van der Waals surface area contributed by atoms with Gasteiger partial charge in [-0.2, -0.15) is 5.26 Å². The Morgan fingerprint density at radius 2 is 1.80 bits per heavy atom. The lowest BCUT2D eigenvalue weighted by Gasteiger charge is -2.41. The number of hydrogen-bond acceptors (Lipinski definition) is 7. The van der Waals surface area contributed by atoms with Gasteiger partial charge in [0.2, 0.25) is 0 Å². The molecular formula is C41H55N5O5. The number of amides is 2. The summed E-state index contributed by atoms with van der Waals surface area (Å²) in [6.07, 6.45) is 13.2. The Hall–Kier alpha value is -4.36. The number of ether oxygens (including phenoxy) is 2. The molecular weight excluding hydrogens is 642 g/mol. The largest absolute Gasteiger partial charge is 0.500 e. The minimum absolute atomic E-state index is 0.0139. The molecule has 0 saturated carbocycles. The van der Waals surface area contributed by atoms with E-state index in [1.807, 2.05) is 56.7 Å². The van der Waals surface area contributed by atoms with Gasteiger partial charge in [0, 0.05) is 63.9 Å². The van der Waals surface area contributed by atoms with Crippen LogP contribution in [0.4, 0.5) is 0 Å². The van der Waals surface area contributed by atoms with Crippen LogP contribution in [0.15, 0.2) is 69.1 Å². The minimum atomic E-state index is -0.261. The van der Waals surface area contributed by atoms with Crippen LogP contribution in [0.3, 0.4) is 0 Å². The average molecular weight is 698 g/mol. The van der Waals surface area contributed by atoms with E-state index < -0.39 is 0 Å². The Morgan fingerprint density at radius 3 is 2.47 bits per heavy atom. The zero-order chi connectivity index (χ0) is 37.2. The summed E-state index contributed by atoms with van der Waals surface area (Å²) >= 11 is 0. The molecule has 4 aliphatic rings. The van der Waals surface area contributed by atoms with E-state index in [0.29, 0.717) is 54.6 Å². The molecule has 2 aliphatic heterocycles. The van der Waals surface area contributed by atoms with Crippen molar-refractivity contribution in [3.05, 3.63) is 91.4 Å². The minimum Gasteiger partial charge on any atom is -0.500 e. The molecule has 3 heterocycles. The highest BCUT2D eigenvalue weighted by Gasteiger charge is 2.37. The zero-order valence-corrected chi connectivity index (χ0v) is 32.0. The fraction of sp³-hybridized carbons (Fsp3) is 0.561. The van der Waals surface area contributed by atoms with E-state index in [4.69, 9.17) is 9.47 Å². The predicted molar refractivity (Wildman–Crippen MR) is 198 cm³/mol. The Balaban J connectivity index is 1.27. The third-order valence-electron chi connectivity index (χ3n) is 11.0. The van der Waals surface area contributed by atoms with Gasteiger partial charge in [-0.05, 0) is 80.7 Å². The van der Waals surface area contributed by atoms with Crippen LogP contribution in [0.25, 0.3) is 0 Å². The van der Waals surface area contributed by atoms with Crippen molar-refractivity contribution >= 4 is 11.8 Å². The highest BCUT2D eigenvalue weighted by atomic mass is 16.5. The number of carbonyl (C=O) groups excluding carboxylic acids is 2. The fourth-order valence-corrected chi connectivity index (χ4v) is 8.14. The molecule has 1 aromatic rings. The van der Waals surface area contributed by atoms with Crippen LogP contribution in [-0.4, -0.2) is 90.6 Å². The fourth-order valence-electron chi connectivity index (χ4n) is 8.14. The van der Waals surface area contributed by atoms with Crippen molar-refractivity contribution < 1.29 is 19.1 Å². The normalized spacial score (nSPS) is 23.4. The van der Waals surface area contributed by atoms with E-state index in [1.165, 1.54) is 11.1 Å². The molecule has 0 radical (unpaired) electrons. The molecule has 51 heavy (non-hydrogen) atoms. The summed E-state index contributed by atoms with van der Waals surface area (Å²) in [5.41, 5.74) is 5.69. The number of methoxy groups -OCH3 is 2. The summed E-state index contributed by atoms with van der Waals surface area (Å²) in [5, 5.41) is 9.77.